The van der Waals surface area contributed by atoms with Gasteiger partial charge in [0.05, 0.1) is 5.69 Å². The first-order valence-electron chi connectivity index (χ1n) is 11.6. The summed E-state index contributed by atoms with van der Waals surface area (Å²) in [5.74, 6) is -0.704. The number of aryl methyl sites for hydroxylation is 3. The summed E-state index contributed by atoms with van der Waals surface area (Å²) < 4.78 is 40.2. The van der Waals surface area contributed by atoms with Crippen LogP contribution in [0.3, 0.4) is 0 Å². The largest absolute Gasteiger partial charge is 0.453 e. The maximum Gasteiger partial charge on any atom is 0.453 e. The van der Waals surface area contributed by atoms with Gasteiger partial charge in [0.15, 0.2) is 11.5 Å². The molecule has 12 heteroatoms. The van der Waals surface area contributed by atoms with Crippen molar-refractivity contribution in [2.45, 2.75) is 39.8 Å². The number of carbonyl (C=O) groups is 1. The number of rotatable bonds is 4. The molecule has 1 saturated heterocycles. The molecular formula is C24H25F3N8O. The first kappa shape index (κ1) is 23.8. The highest BCUT2D eigenvalue weighted by molar-refractivity contribution is 5.92. The maximum absolute atomic E-state index is 13.2. The highest BCUT2D eigenvalue weighted by atomic mass is 19.4. The number of hydrogen-bond acceptors (Lipinski definition) is 6. The van der Waals surface area contributed by atoms with Crippen molar-refractivity contribution in [3.8, 4) is 11.3 Å². The molecule has 1 amide bonds. The molecule has 3 aromatic heterocycles. The molecule has 1 aromatic carbocycles. The zero-order valence-corrected chi connectivity index (χ0v) is 20.0. The Morgan fingerprint density at radius 2 is 1.75 bits per heavy atom. The molecule has 1 aliphatic rings. The Morgan fingerprint density at radius 3 is 2.47 bits per heavy atom. The Balaban J connectivity index is 1.23. The number of nitrogens with one attached hydrogen (secondary N) is 2. The average Bonchev–Trinajstić information content (AvgIpc) is 3.48. The van der Waals surface area contributed by atoms with Crippen molar-refractivity contribution in [1.82, 2.24) is 30.0 Å². The number of piperidine rings is 1. The molecule has 9 nitrogen and oxygen atoms in total. The van der Waals surface area contributed by atoms with Crippen LogP contribution in [0.15, 0.2) is 30.3 Å². The lowest BCUT2D eigenvalue weighted by molar-refractivity contribution is -0.146. The fourth-order valence-corrected chi connectivity index (χ4v) is 4.50. The second kappa shape index (κ2) is 8.92. The van der Waals surface area contributed by atoms with E-state index >= 15 is 0 Å². The fourth-order valence-electron chi connectivity index (χ4n) is 4.50. The summed E-state index contributed by atoms with van der Waals surface area (Å²) in [4.78, 5) is 14.7. The summed E-state index contributed by atoms with van der Waals surface area (Å²) in [6.45, 7) is 7.12. The van der Waals surface area contributed by atoms with Crippen LogP contribution in [0.4, 0.5) is 24.8 Å². The van der Waals surface area contributed by atoms with Crippen LogP contribution in [0.1, 0.15) is 35.4 Å². The molecule has 1 aliphatic heterocycles. The highest BCUT2D eigenvalue weighted by Crippen LogP contribution is 2.30. The van der Waals surface area contributed by atoms with Crippen LogP contribution >= 0.6 is 0 Å². The number of alkyl halides is 3. The van der Waals surface area contributed by atoms with Crippen molar-refractivity contribution in [3.05, 3.63) is 52.8 Å². The quantitative estimate of drug-likeness (QED) is 0.435. The van der Waals surface area contributed by atoms with Crippen LogP contribution in [-0.2, 0) is 11.0 Å². The van der Waals surface area contributed by atoms with E-state index in [1.807, 2.05) is 17.9 Å². The molecule has 2 N–H and O–H groups in total. The van der Waals surface area contributed by atoms with E-state index in [-0.39, 0.29) is 17.5 Å². The van der Waals surface area contributed by atoms with Crippen LogP contribution < -0.4 is 10.2 Å². The number of anilines is 2. The third-order valence-corrected chi connectivity index (χ3v) is 6.65. The van der Waals surface area contributed by atoms with Gasteiger partial charge >= 0.3 is 6.18 Å². The standard InChI is InChI=1S/C24H25F3N8O/c1-13-10-15(3)17(11-14(13)2)18-12-19(30-29-18)28-22(36)16-6-8-34(9-7-16)21-5-4-20-31-32-23(24(25,26)27)35(20)33-21/h4-5,10-12,16H,6-9H2,1-3H3,(H2,28,29,30,36). The summed E-state index contributed by atoms with van der Waals surface area (Å²) >= 11 is 0. The van der Waals surface area contributed by atoms with E-state index in [9.17, 15) is 18.0 Å². The van der Waals surface area contributed by atoms with Crippen LogP contribution in [0.25, 0.3) is 16.9 Å². The zero-order chi connectivity index (χ0) is 25.6. The number of benzene rings is 1. The average molecular weight is 499 g/mol. The van der Waals surface area contributed by atoms with Gasteiger partial charge in [0, 0.05) is 30.6 Å². The van der Waals surface area contributed by atoms with Crippen molar-refractivity contribution in [3.63, 3.8) is 0 Å². The lowest BCUT2D eigenvalue weighted by Gasteiger charge is -2.31. The molecule has 4 heterocycles. The number of amides is 1. The molecule has 0 aliphatic carbocycles. The lowest BCUT2D eigenvalue weighted by atomic mass is 9.96. The molecule has 0 saturated carbocycles. The van der Waals surface area contributed by atoms with E-state index < -0.39 is 12.0 Å². The van der Waals surface area contributed by atoms with Crippen molar-refractivity contribution >= 4 is 23.2 Å². The minimum atomic E-state index is -4.65. The fraction of sp³-hybridized carbons (Fsp3) is 0.375. The Labute approximate surface area is 204 Å². The van der Waals surface area contributed by atoms with Crippen molar-refractivity contribution in [1.29, 1.82) is 0 Å². The summed E-state index contributed by atoms with van der Waals surface area (Å²) in [5.41, 5.74) is 5.39. The van der Waals surface area contributed by atoms with E-state index in [4.69, 9.17) is 0 Å². The van der Waals surface area contributed by atoms with Gasteiger partial charge < -0.3 is 10.2 Å². The summed E-state index contributed by atoms with van der Waals surface area (Å²) in [6, 6.07) is 9.11. The predicted octanol–water partition coefficient (Wildman–Crippen LogP) is 4.31. The molecule has 0 unspecified atom stereocenters. The minimum Gasteiger partial charge on any atom is -0.355 e. The topological polar surface area (TPSA) is 104 Å². The van der Waals surface area contributed by atoms with Crippen LogP contribution in [0, 0.1) is 26.7 Å². The van der Waals surface area contributed by atoms with Crippen molar-refractivity contribution < 1.29 is 18.0 Å². The molecule has 0 bridgehead atoms. The van der Waals surface area contributed by atoms with E-state index in [1.54, 1.807) is 6.07 Å². The van der Waals surface area contributed by atoms with E-state index in [0.29, 0.717) is 42.1 Å². The minimum absolute atomic E-state index is 0.0229. The molecule has 0 spiro atoms. The third-order valence-electron chi connectivity index (χ3n) is 6.65. The van der Waals surface area contributed by atoms with Gasteiger partial charge in [-0.05, 0) is 68.5 Å². The lowest BCUT2D eigenvalue weighted by Crippen LogP contribution is -2.38. The molecule has 188 valence electrons. The summed E-state index contributed by atoms with van der Waals surface area (Å²) in [6.07, 6.45) is -3.58. The molecule has 0 atom stereocenters. The van der Waals surface area contributed by atoms with Crippen LogP contribution in [-0.4, -0.2) is 49.0 Å². The summed E-state index contributed by atoms with van der Waals surface area (Å²) in [7, 11) is 0. The number of fused-ring (bicyclic) bond motifs is 1. The van der Waals surface area contributed by atoms with Crippen LogP contribution in [0.2, 0.25) is 0 Å². The second-order valence-electron chi connectivity index (χ2n) is 9.15. The maximum atomic E-state index is 13.2. The van der Waals surface area contributed by atoms with Gasteiger partial charge in [-0.2, -0.15) is 22.8 Å². The zero-order valence-electron chi connectivity index (χ0n) is 20.0. The smallest absolute Gasteiger partial charge is 0.355 e. The Morgan fingerprint density at radius 1 is 1.03 bits per heavy atom. The monoisotopic (exact) mass is 498 g/mol. The first-order chi connectivity index (χ1) is 17.1. The molecule has 36 heavy (non-hydrogen) atoms. The number of hydrogen-bond donors (Lipinski definition) is 2. The Hall–Kier alpha value is -3.96. The second-order valence-corrected chi connectivity index (χ2v) is 9.15. The van der Waals surface area contributed by atoms with E-state index in [2.05, 4.69) is 56.8 Å². The number of aromatic nitrogens is 6. The molecule has 1 fully saturated rings. The van der Waals surface area contributed by atoms with E-state index in [0.717, 1.165) is 16.8 Å². The number of aromatic amines is 1. The van der Waals surface area contributed by atoms with Crippen molar-refractivity contribution in [2.75, 3.05) is 23.3 Å². The predicted molar refractivity (Wildman–Crippen MR) is 128 cm³/mol. The summed E-state index contributed by atoms with van der Waals surface area (Å²) in [5, 5.41) is 21.0. The number of halogens is 3. The number of nitrogens with zero attached hydrogens (tertiary/aromatic N) is 6. The number of carbonyl (C=O) groups excluding carboxylic acids is 1. The van der Waals surface area contributed by atoms with Gasteiger partial charge in [-0.25, -0.2) is 0 Å². The van der Waals surface area contributed by atoms with Crippen LogP contribution in [0.5, 0.6) is 0 Å². The van der Waals surface area contributed by atoms with Crippen molar-refractivity contribution in [2.24, 2.45) is 5.92 Å². The van der Waals surface area contributed by atoms with Gasteiger partial charge in [-0.1, -0.05) is 6.07 Å². The molecule has 4 aromatic rings. The molecule has 0 radical (unpaired) electrons. The highest BCUT2D eigenvalue weighted by Gasteiger charge is 2.38. The number of H-pyrrole nitrogens is 1. The van der Waals surface area contributed by atoms with Gasteiger partial charge in [-0.3, -0.25) is 9.89 Å². The Bertz CT molecular complexity index is 1430. The molecule has 5 rings (SSSR count). The SMILES string of the molecule is Cc1cc(C)c(-c2cc(NC(=O)C3CCN(c4ccc5nnc(C(F)(F)F)n5n4)CC3)n[nH]2)cc1C. The normalized spacial score (nSPS) is 15.0. The van der Waals surface area contributed by atoms with Gasteiger partial charge in [0.1, 0.15) is 5.82 Å². The van der Waals surface area contributed by atoms with E-state index in [1.165, 1.54) is 17.2 Å². The van der Waals surface area contributed by atoms with Gasteiger partial charge in [0.2, 0.25) is 5.91 Å². The van der Waals surface area contributed by atoms with Gasteiger partial charge in [-0.15, -0.1) is 15.3 Å². The third kappa shape index (κ3) is 4.50. The molecular weight excluding hydrogens is 473 g/mol. The Kier molecular flexibility index (Phi) is 5.89. The van der Waals surface area contributed by atoms with Gasteiger partial charge in [0.25, 0.3) is 5.82 Å². The first-order valence-corrected chi connectivity index (χ1v) is 11.6.